The van der Waals surface area contributed by atoms with E-state index in [1.807, 2.05) is 0 Å². The molecule has 0 aliphatic carbocycles. The summed E-state index contributed by atoms with van der Waals surface area (Å²) in [6.07, 6.45) is 20.1. The van der Waals surface area contributed by atoms with E-state index in [1.54, 1.807) is 0 Å². The molecule has 0 fully saturated rings. The summed E-state index contributed by atoms with van der Waals surface area (Å²) in [7, 11) is 0. The molecule has 0 saturated heterocycles. The van der Waals surface area contributed by atoms with Crippen LogP contribution < -0.4 is 0 Å². The van der Waals surface area contributed by atoms with E-state index in [-0.39, 0.29) is 0 Å². The molecule has 4 atom stereocenters. The second kappa shape index (κ2) is 16.5. The predicted octanol–water partition coefficient (Wildman–Crippen LogP) is 9.03. The van der Waals surface area contributed by atoms with Crippen molar-refractivity contribution in [3.8, 4) is 0 Å². The first-order chi connectivity index (χ1) is 11.5. The van der Waals surface area contributed by atoms with Gasteiger partial charge in [-0.1, -0.05) is 125 Å². The minimum Gasteiger partial charge on any atom is -0.0654 e. The monoisotopic (exact) mass is 338 g/mol. The molecule has 0 amide bonds. The first-order valence-electron chi connectivity index (χ1n) is 11.5. The highest BCUT2D eigenvalue weighted by Gasteiger charge is 2.13. The summed E-state index contributed by atoms with van der Waals surface area (Å²) < 4.78 is 0. The van der Waals surface area contributed by atoms with Crippen molar-refractivity contribution >= 4 is 0 Å². The second-order valence-electron chi connectivity index (χ2n) is 8.94. The lowest BCUT2D eigenvalue weighted by molar-refractivity contribution is 0.314. The van der Waals surface area contributed by atoms with Crippen molar-refractivity contribution in [2.45, 2.75) is 131 Å². The van der Waals surface area contributed by atoms with Gasteiger partial charge >= 0.3 is 0 Å². The topological polar surface area (TPSA) is 0 Å². The minimum atomic E-state index is 0.923. The highest BCUT2D eigenvalue weighted by Crippen LogP contribution is 2.27. The lowest BCUT2D eigenvalue weighted by atomic mass is 9.85. The second-order valence-corrected chi connectivity index (χ2v) is 8.94. The Labute approximate surface area is 155 Å². The van der Waals surface area contributed by atoms with Gasteiger partial charge in [0.1, 0.15) is 0 Å². The van der Waals surface area contributed by atoms with Crippen LogP contribution in [-0.4, -0.2) is 0 Å². The summed E-state index contributed by atoms with van der Waals surface area (Å²) in [5, 5.41) is 0. The fourth-order valence-corrected chi connectivity index (χ4v) is 3.94. The van der Waals surface area contributed by atoms with Gasteiger partial charge in [0, 0.05) is 0 Å². The van der Waals surface area contributed by atoms with Gasteiger partial charge in [-0.05, 0) is 30.1 Å². The summed E-state index contributed by atoms with van der Waals surface area (Å²) in [6, 6.07) is 0. The molecular formula is C24H50. The highest BCUT2D eigenvalue weighted by molar-refractivity contribution is 4.65. The molecule has 0 spiro atoms. The number of unbranched alkanes of at least 4 members (excludes halogenated alkanes) is 4. The summed E-state index contributed by atoms with van der Waals surface area (Å²) in [5.41, 5.74) is 0. The van der Waals surface area contributed by atoms with Crippen LogP contribution in [0.4, 0.5) is 0 Å². The van der Waals surface area contributed by atoms with E-state index in [1.165, 1.54) is 89.9 Å². The molecule has 0 saturated carbocycles. The van der Waals surface area contributed by atoms with Crippen molar-refractivity contribution in [1.82, 2.24) is 0 Å². The van der Waals surface area contributed by atoms with Crippen molar-refractivity contribution in [2.75, 3.05) is 0 Å². The van der Waals surface area contributed by atoms with E-state index < -0.39 is 0 Å². The van der Waals surface area contributed by atoms with E-state index in [9.17, 15) is 0 Å². The van der Waals surface area contributed by atoms with Crippen LogP contribution in [0, 0.1) is 23.7 Å². The standard InChI is InChI=1S/C24H50/c1-7-10-11-12-15-22(5)16-13-14-17-24(9-3)20-23(6)19-18-21(4)8-2/h21-24H,7-20H2,1-6H3. The Hall–Kier alpha value is 0. The zero-order valence-electron chi connectivity index (χ0n) is 18.2. The van der Waals surface area contributed by atoms with Gasteiger partial charge in [-0.2, -0.15) is 0 Å². The molecule has 0 bridgehead atoms. The summed E-state index contributed by atoms with van der Waals surface area (Å²) >= 11 is 0. The fourth-order valence-electron chi connectivity index (χ4n) is 3.94. The van der Waals surface area contributed by atoms with Crippen LogP contribution >= 0.6 is 0 Å². The first-order valence-corrected chi connectivity index (χ1v) is 11.5. The molecule has 0 aliphatic heterocycles. The molecule has 0 aromatic carbocycles. The fraction of sp³-hybridized carbons (Fsp3) is 1.00. The number of rotatable bonds is 17. The van der Waals surface area contributed by atoms with Gasteiger partial charge in [-0.15, -0.1) is 0 Å². The predicted molar refractivity (Wildman–Crippen MR) is 113 cm³/mol. The molecule has 0 heterocycles. The van der Waals surface area contributed by atoms with Gasteiger partial charge in [-0.25, -0.2) is 0 Å². The molecule has 146 valence electrons. The first kappa shape index (κ1) is 24.0. The normalized spacial score (nSPS) is 16.8. The summed E-state index contributed by atoms with van der Waals surface area (Å²) in [6.45, 7) is 14.4. The zero-order chi connectivity index (χ0) is 18.2. The molecular weight excluding hydrogens is 288 g/mol. The van der Waals surface area contributed by atoms with Gasteiger partial charge in [0.15, 0.2) is 0 Å². The van der Waals surface area contributed by atoms with Crippen LogP contribution in [0.2, 0.25) is 0 Å². The smallest absolute Gasteiger partial charge is 0.0414 e. The Morgan fingerprint density at radius 1 is 0.500 bits per heavy atom. The Kier molecular flexibility index (Phi) is 16.5. The van der Waals surface area contributed by atoms with Crippen LogP contribution in [0.25, 0.3) is 0 Å². The maximum atomic E-state index is 2.49. The van der Waals surface area contributed by atoms with E-state index in [0.29, 0.717) is 0 Å². The average molecular weight is 339 g/mol. The third-order valence-corrected chi connectivity index (χ3v) is 6.27. The van der Waals surface area contributed by atoms with E-state index in [4.69, 9.17) is 0 Å². The van der Waals surface area contributed by atoms with Gasteiger partial charge < -0.3 is 0 Å². The van der Waals surface area contributed by atoms with Crippen molar-refractivity contribution in [2.24, 2.45) is 23.7 Å². The van der Waals surface area contributed by atoms with E-state index in [0.717, 1.165) is 23.7 Å². The van der Waals surface area contributed by atoms with E-state index >= 15 is 0 Å². The molecule has 0 heteroatoms. The molecule has 0 aromatic heterocycles. The Balaban J connectivity index is 3.70. The van der Waals surface area contributed by atoms with Crippen LogP contribution in [0.3, 0.4) is 0 Å². The van der Waals surface area contributed by atoms with Gasteiger partial charge in [0.25, 0.3) is 0 Å². The molecule has 0 rings (SSSR count). The van der Waals surface area contributed by atoms with Crippen LogP contribution in [-0.2, 0) is 0 Å². The number of hydrogen-bond acceptors (Lipinski definition) is 0. The van der Waals surface area contributed by atoms with Crippen LogP contribution in [0.15, 0.2) is 0 Å². The zero-order valence-corrected chi connectivity index (χ0v) is 18.2. The SMILES string of the molecule is CCCCCCC(C)CCCCC(CC)CC(C)CCC(C)CC. The van der Waals surface area contributed by atoms with Crippen molar-refractivity contribution < 1.29 is 0 Å². The van der Waals surface area contributed by atoms with Gasteiger partial charge in [0.05, 0.1) is 0 Å². The molecule has 0 radical (unpaired) electrons. The van der Waals surface area contributed by atoms with Crippen molar-refractivity contribution in [1.29, 1.82) is 0 Å². The van der Waals surface area contributed by atoms with Crippen molar-refractivity contribution in [3.05, 3.63) is 0 Å². The Morgan fingerprint density at radius 3 is 1.67 bits per heavy atom. The quantitative estimate of drug-likeness (QED) is 0.232. The molecule has 24 heavy (non-hydrogen) atoms. The average Bonchev–Trinajstić information content (AvgIpc) is 2.59. The van der Waals surface area contributed by atoms with Crippen LogP contribution in [0.1, 0.15) is 131 Å². The maximum absolute atomic E-state index is 2.49. The Bertz CT molecular complexity index is 244. The van der Waals surface area contributed by atoms with Crippen LogP contribution in [0.5, 0.6) is 0 Å². The van der Waals surface area contributed by atoms with Crippen molar-refractivity contribution in [3.63, 3.8) is 0 Å². The lowest BCUT2D eigenvalue weighted by Gasteiger charge is -2.21. The molecule has 0 aromatic rings. The molecule has 0 N–H and O–H groups in total. The number of hydrogen-bond donors (Lipinski definition) is 0. The highest BCUT2D eigenvalue weighted by atomic mass is 14.2. The minimum absolute atomic E-state index is 0.923. The maximum Gasteiger partial charge on any atom is -0.0414 e. The molecule has 0 nitrogen and oxygen atoms in total. The summed E-state index contributed by atoms with van der Waals surface area (Å²) in [5.74, 6) is 3.79. The third kappa shape index (κ3) is 14.4. The summed E-state index contributed by atoms with van der Waals surface area (Å²) in [4.78, 5) is 0. The lowest BCUT2D eigenvalue weighted by Crippen LogP contribution is -2.08. The van der Waals surface area contributed by atoms with E-state index in [2.05, 4.69) is 41.5 Å². The third-order valence-electron chi connectivity index (χ3n) is 6.27. The van der Waals surface area contributed by atoms with Gasteiger partial charge in [-0.3, -0.25) is 0 Å². The Morgan fingerprint density at radius 2 is 1.08 bits per heavy atom. The molecule has 0 aliphatic rings. The van der Waals surface area contributed by atoms with Gasteiger partial charge in [0.2, 0.25) is 0 Å². The largest absolute Gasteiger partial charge is 0.0654 e. The molecule has 4 unspecified atom stereocenters.